The normalized spacial score (nSPS) is 10.9. The Morgan fingerprint density at radius 1 is 1.53 bits per heavy atom. The lowest BCUT2D eigenvalue weighted by Crippen LogP contribution is -1.96. The number of aromatic nitrogens is 2. The largest absolute Gasteiger partial charge is 0.481 e. The fourth-order valence-electron chi connectivity index (χ4n) is 1.43. The van der Waals surface area contributed by atoms with Crippen molar-refractivity contribution in [2.24, 2.45) is 0 Å². The molecule has 0 saturated heterocycles. The van der Waals surface area contributed by atoms with Gasteiger partial charge in [-0.2, -0.15) is 11.8 Å². The highest BCUT2D eigenvalue weighted by atomic mass is 32.2. The van der Waals surface area contributed by atoms with E-state index in [1.54, 1.807) is 6.07 Å². The number of carboxylic acids is 1. The molecule has 0 unspecified atom stereocenters. The molecule has 0 spiro atoms. The summed E-state index contributed by atoms with van der Waals surface area (Å²) in [6.45, 7) is 0. The highest BCUT2D eigenvalue weighted by Crippen LogP contribution is 2.16. The Bertz CT molecular complexity index is 541. The average molecular weight is 254 g/mol. The Balaban J connectivity index is 1.97. The van der Waals surface area contributed by atoms with Crippen LogP contribution in [0.15, 0.2) is 18.2 Å². The second-order valence-electron chi connectivity index (χ2n) is 3.54. The summed E-state index contributed by atoms with van der Waals surface area (Å²) in [6.07, 6.45) is 0.138. The number of halogens is 1. The number of aromatic amines is 1. The summed E-state index contributed by atoms with van der Waals surface area (Å²) >= 11 is 1.49. The molecule has 1 aromatic carbocycles. The van der Waals surface area contributed by atoms with Crippen molar-refractivity contribution in [2.75, 3.05) is 5.75 Å². The Kier molecular flexibility index (Phi) is 3.63. The van der Waals surface area contributed by atoms with E-state index < -0.39 is 5.97 Å². The number of H-pyrrole nitrogens is 1. The van der Waals surface area contributed by atoms with Crippen LogP contribution >= 0.6 is 11.8 Å². The molecule has 0 bridgehead atoms. The topological polar surface area (TPSA) is 66.0 Å². The van der Waals surface area contributed by atoms with E-state index >= 15 is 0 Å². The van der Waals surface area contributed by atoms with Crippen LogP contribution in [0, 0.1) is 5.82 Å². The number of nitrogens with zero attached hydrogens (tertiary/aromatic N) is 1. The molecule has 0 amide bonds. The number of carbonyl (C=O) groups is 1. The molecule has 1 aromatic heterocycles. The fourth-order valence-corrected chi connectivity index (χ4v) is 2.22. The smallest absolute Gasteiger partial charge is 0.304 e. The molecule has 17 heavy (non-hydrogen) atoms. The third-order valence-corrected chi connectivity index (χ3v) is 3.16. The van der Waals surface area contributed by atoms with Crippen LogP contribution < -0.4 is 0 Å². The van der Waals surface area contributed by atoms with Gasteiger partial charge in [0.15, 0.2) is 0 Å². The van der Waals surface area contributed by atoms with Crippen molar-refractivity contribution in [1.29, 1.82) is 0 Å². The van der Waals surface area contributed by atoms with Crippen LogP contribution in [0.1, 0.15) is 12.2 Å². The van der Waals surface area contributed by atoms with Crippen molar-refractivity contribution < 1.29 is 14.3 Å². The van der Waals surface area contributed by atoms with Crippen LogP contribution in [0.4, 0.5) is 4.39 Å². The zero-order valence-electron chi connectivity index (χ0n) is 8.94. The number of carboxylic acid groups (broad SMARTS) is 1. The zero-order chi connectivity index (χ0) is 12.3. The van der Waals surface area contributed by atoms with Gasteiger partial charge < -0.3 is 10.1 Å². The van der Waals surface area contributed by atoms with E-state index in [0.29, 0.717) is 17.0 Å². The molecule has 0 aliphatic carbocycles. The minimum absolute atomic E-state index is 0.138. The molecular weight excluding hydrogens is 243 g/mol. The maximum Gasteiger partial charge on any atom is 0.304 e. The molecule has 0 atom stereocenters. The maximum atomic E-state index is 12.9. The van der Waals surface area contributed by atoms with Crippen LogP contribution in [0.5, 0.6) is 0 Å². The van der Waals surface area contributed by atoms with Gasteiger partial charge in [0.05, 0.1) is 23.2 Å². The number of hydrogen-bond donors (Lipinski definition) is 2. The first-order valence-electron chi connectivity index (χ1n) is 5.09. The quantitative estimate of drug-likeness (QED) is 0.804. The van der Waals surface area contributed by atoms with E-state index in [-0.39, 0.29) is 12.2 Å². The number of thioether (sulfide) groups is 1. The van der Waals surface area contributed by atoms with E-state index in [9.17, 15) is 9.18 Å². The first-order chi connectivity index (χ1) is 8.15. The van der Waals surface area contributed by atoms with Gasteiger partial charge in [-0.15, -0.1) is 0 Å². The predicted molar refractivity (Wildman–Crippen MR) is 64.5 cm³/mol. The van der Waals surface area contributed by atoms with Crippen LogP contribution in [0.2, 0.25) is 0 Å². The van der Waals surface area contributed by atoms with Crippen molar-refractivity contribution in [3.63, 3.8) is 0 Å². The van der Waals surface area contributed by atoms with Crippen LogP contribution in [-0.4, -0.2) is 26.8 Å². The Morgan fingerprint density at radius 3 is 3.12 bits per heavy atom. The van der Waals surface area contributed by atoms with Gasteiger partial charge in [0.1, 0.15) is 11.6 Å². The highest BCUT2D eigenvalue weighted by molar-refractivity contribution is 7.98. The lowest BCUT2D eigenvalue weighted by atomic mass is 10.3. The van der Waals surface area contributed by atoms with Crippen LogP contribution in [-0.2, 0) is 10.5 Å². The van der Waals surface area contributed by atoms with Gasteiger partial charge in [0.25, 0.3) is 0 Å². The summed E-state index contributed by atoms with van der Waals surface area (Å²) in [4.78, 5) is 17.6. The Labute approximate surface area is 101 Å². The highest BCUT2D eigenvalue weighted by Gasteiger charge is 2.04. The molecule has 0 aliphatic rings. The van der Waals surface area contributed by atoms with Crippen molar-refractivity contribution in [3.05, 3.63) is 29.8 Å². The van der Waals surface area contributed by atoms with Gasteiger partial charge in [0, 0.05) is 5.75 Å². The van der Waals surface area contributed by atoms with Crippen molar-refractivity contribution in [3.8, 4) is 0 Å². The summed E-state index contributed by atoms with van der Waals surface area (Å²) in [5.74, 6) is 0.779. The molecule has 1 heterocycles. The van der Waals surface area contributed by atoms with E-state index in [1.807, 2.05) is 0 Å². The second-order valence-corrected chi connectivity index (χ2v) is 4.65. The Morgan fingerprint density at radius 2 is 2.35 bits per heavy atom. The number of nitrogens with one attached hydrogen (secondary N) is 1. The van der Waals surface area contributed by atoms with Crippen molar-refractivity contribution >= 4 is 28.8 Å². The average Bonchev–Trinajstić information content (AvgIpc) is 2.66. The minimum atomic E-state index is -0.802. The third kappa shape index (κ3) is 3.20. The van der Waals surface area contributed by atoms with Gasteiger partial charge in [-0.3, -0.25) is 4.79 Å². The molecule has 0 aliphatic heterocycles. The Hall–Kier alpha value is -1.56. The summed E-state index contributed by atoms with van der Waals surface area (Å²) < 4.78 is 12.9. The zero-order valence-corrected chi connectivity index (χ0v) is 9.76. The van der Waals surface area contributed by atoms with Crippen LogP contribution in [0.25, 0.3) is 11.0 Å². The second kappa shape index (κ2) is 5.18. The molecule has 2 rings (SSSR count). The number of imidazole rings is 1. The molecule has 0 saturated carbocycles. The SMILES string of the molecule is O=C(O)CCSCc1nc2ccc(F)cc2[nH]1. The summed E-state index contributed by atoms with van der Waals surface area (Å²) in [7, 11) is 0. The number of hydrogen-bond acceptors (Lipinski definition) is 3. The molecule has 90 valence electrons. The predicted octanol–water partition coefficient (Wildman–Crippen LogP) is 2.41. The van der Waals surface area contributed by atoms with E-state index in [1.165, 1.54) is 23.9 Å². The molecule has 2 aromatic rings. The number of benzene rings is 1. The minimum Gasteiger partial charge on any atom is -0.481 e. The lowest BCUT2D eigenvalue weighted by Gasteiger charge is -1.95. The van der Waals surface area contributed by atoms with Gasteiger partial charge in [-0.05, 0) is 18.2 Å². The molecule has 0 radical (unpaired) electrons. The maximum absolute atomic E-state index is 12.9. The number of rotatable bonds is 5. The van der Waals surface area contributed by atoms with Crippen LogP contribution in [0.3, 0.4) is 0 Å². The monoisotopic (exact) mass is 254 g/mol. The van der Waals surface area contributed by atoms with E-state index in [0.717, 1.165) is 11.3 Å². The summed E-state index contributed by atoms with van der Waals surface area (Å²) in [5.41, 5.74) is 1.39. The first kappa shape index (κ1) is 11.9. The van der Waals surface area contributed by atoms with Gasteiger partial charge in [0.2, 0.25) is 0 Å². The molecule has 0 fully saturated rings. The molecule has 4 nitrogen and oxygen atoms in total. The van der Waals surface area contributed by atoms with Gasteiger partial charge in [-0.25, -0.2) is 9.37 Å². The van der Waals surface area contributed by atoms with E-state index in [2.05, 4.69) is 9.97 Å². The molecular formula is C11H11FN2O2S. The summed E-state index contributed by atoms with van der Waals surface area (Å²) in [5, 5.41) is 8.48. The van der Waals surface area contributed by atoms with Gasteiger partial charge in [-0.1, -0.05) is 0 Å². The fraction of sp³-hybridized carbons (Fsp3) is 0.273. The molecule has 6 heteroatoms. The summed E-state index contributed by atoms with van der Waals surface area (Å²) in [6, 6.07) is 4.38. The lowest BCUT2D eigenvalue weighted by molar-refractivity contribution is -0.136. The first-order valence-corrected chi connectivity index (χ1v) is 6.24. The number of fused-ring (bicyclic) bond motifs is 1. The van der Waals surface area contributed by atoms with Gasteiger partial charge >= 0.3 is 5.97 Å². The molecule has 2 N–H and O–H groups in total. The standard InChI is InChI=1S/C11H11FN2O2S/c12-7-1-2-8-9(5-7)14-10(13-8)6-17-4-3-11(15)16/h1-2,5H,3-4,6H2,(H,13,14)(H,15,16). The van der Waals surface area contributed by atoms with E-state index in [4.69, 9.17) is 5.11 Å². The third-order valence-electron chi connectivity index (χ3n) is 2.19. The van der Waals surface area contributed by atoms with Crippen molar-refractivity contribution in [1.82, 2.24) is 9.97 Å². The van der Waals surface area contributed by atoms with Crippen molar-refractivity contribution in [2.45, 2.75) is 12.2 Å². The number of aliphatic carboxylic acids is 1.